The molecule has 7 heteroatoms. The Morgan fingerprint density at radius 1 is 1.53 bits per heavy atom. The zero-order chi connectivity index (χ0) is 13.1. The molecule has 0 radical (unpaired) electrons. The molecule has 1 rings (SSSR count). The van der Waals surface area contributed by atoms with Crippen molar-refractivity contribution in [3.63, 3.8) is 0 Å². The summed E-state index contributed by atoms with van der Waals surface area (Å²) in [4.78, 5) is 10.4. The van der Waals surface area contributed by atoms with Crippen molar-refractivity contribution in [2.45, 2.75) is 38.1 Å². The van der Waals surface area contributed by atoms with E-state index in [1.54, 1.807) is 0 Å². The fraction of sp³-hybridized carbons (Fsp3) is 0.900. The van der Waals surface area contributed by atoms with Crippen LogP contribution in [0.3, 0.4) is 0 Å². The van der Waals surface area contributed by atoms with Crippen molar-refractivity contribution in [2.75, 3.05) is 13.2 Å². The summed E-state index contributed by atoms with van der Waals surface area (Å²) in [5, 5.41) is 11.1. The molecule has 0 aliphatic heterocycles. The molecule has 1 saturated carbocycles. The summed E-state index contributed by atoms with van der Waals surface area (Å²) in [5.74, 6) is -4.18. The van der Waals surface area contributed by atoms with Crippen LogP contribution in [0.1, 0.15) is 19.8 Å². The van der Waals surface area contributed by atoms with Crippen LogP contribution in [-0.4, -0.2) is 42.5 Å². The fourth-order valence-electron chi connectivity index (χ4n) is 1.73. The summed E-state index contributed by atoms with van der Waals surface area (Å²) in [7, 11) is 0. The van der Waals surface area contributed by atoms with E-state index < -0.39 is 24.6 Å². The average Bonchev–Trinajstić information content (AvgIpc) is 2.10. The van der Waals surface area contributed by atoms with Gasteiger partial charge >= 0.3 is 12.1 Å². The molecule has 4 nitrogen and oxygen atoms in total. The minimum Gasteiger partial charge on any atom is -0.481 e. The van der Waals surface area contributed by atoms with E-state index in [-0.39, 0.29) is 12.1 Å². The van der Waals surface area contributed by atoms with Gasteiger partial charge in [-0.1, -0.05) is 0 Å². The van der Waals surface area contributed by atoms with E-state index in [1.165, 1.54) is 0 Å². The van der Waals surface area contributed by atoms with Crippen molar-refractivity contribution >= 4 is 5.97 Å². The van der Waals surface area contributed by atoms with Crippen LogP contribution in [0.4, 0.5) is 13.2 Å². The zero-order valence-corrected chi connectivity index (χ0v) is 9.46. The number of alkyl halides is 3. The van der Waals surface area contributed by atoms with Gasteiger partial charge in [-0.05, 0) is 19.8 Å². The highest BCUT2D eigenvalue weighted by Gasteiger charge is 2.45. The van der Waals surface area contributed by atoms with Gasteiger partial charge in [0, 0.05) is 19.2 Å². The topological polar surface area (TPSA) is 58.6 Å². The largest absolute Gasteiger partial charge is 0.481 e. The number of carboxylic acids is 1. The molecule has 1 fully saturated rings. The van der Waals surface area contributed by atoms with Gasteiger partial charge in [0.1, 0.15) is 0 Å². The third-order valence-electron chi connectivity index (χ3n) is 2.80. The highest BCUT2D eigenvalue weighted by atomic mass is 19.4. The van der Waals surface area contributed by atoms with Crippen LogP contribution in [0.25, 0.3) is 0 Å². The third kappa shape index (κ3) is 4.16. The second-order valence-corrected chi connectivity index (χ2v) is 4.09. The first-order valence-corrected chi connectivity index (χ1v) is 5.49. The lowest BCUT2D eigenvalue weighted by atomic mass is 9.89. The smallest absolute Gasteiger partial charge is 0.403 e. The highest BCUT2D eigenvalue weighted by Crippen LogP contribution is 2.28. The number of nitrogens with one attached hydrogen (secondary N) is 1. The lowest BCUT2D eigenvalue weighted by Crippen LogP contribution is -2.49. The Hall–Kier alpha value is -0.820. The SMILES string of the molecule is CCOC1CC(NCC(C(=O)O)C(F)(F)F)C1. The van der Waals surface area contributed by atoms with E-state index in [0.29, 0.717) is 19.4 Å². The Labute approximate surface area is 97.1 Å². The maximum Gasteiger partial charge on any atom is 0.403 e. The highest BCUT2D eigenvalue weighted by molar-refractivity contribution is 5.71. The quantitative estimate of drug-likeness (QED) is 0.753. The van der Waals surface area contributed by atoms with E-state index in [0.717, 1.165) is 0 Å². The first-order chi connectivity index (χ1) is 7.84. The van der Waals surface area contributed by atoms with Gasteiger partial charge in [-0.25, -0.2) is 0 Å². The van der Waals surface area contributed by atoms with E-state index in [9.17, 15) is 18.0 Å². The number of aliphatic carboxylic acids is 1. The molecule has 17 heavy (non-hydrogen) atoms. The van der Waals surface area contributed by atoms with Gasteiger partial charge in [0.05, 0.1) is 6.10 Å². The van der Waals surface area contributed by atoms with Crippen LogP contribution in [0.5, 0.6) is 0 Å². The molecule has 0 saturated heterocycles. The second-order valence-electron chi connectivity index (χ2n) is 4.09. The summed E-state index contributed by atoms with van der Waals surface area (Å²) >= 11 is 0. The summed E-state index contributed by atoms with van der Waals surface area (Å²) in [6.45, 7) is 1.85. The zero-order valence-electron chi connectivity index (χ0n) is 9.46. The molecule has 1 atom stereocenters. The third-order valence-corrected chi connectivity index (χ3v) is 2.80. The normalized spacial score (nSPS) is 26.4. The van der Waals surface area contributed by atoms with Gasteiger partial charge in [0.15, 0.2) is 5.92 Å². The molecule has 1 aliphatic rings. The van der Waals surface area contributed by atoms with E-state index >= 15 is 0 Å². The fourth-order valence-corrected chi connectivity index (χ4v) is 1.73. The number of carboxylic acid groups (broad SMARTS) is 1. The van der Waals surface area contributed by atoms with Crippen molar-refractivity contribution < 1.29 is 27.8 Å². The van der Waals surface area contributed by atoms with Crippen molar-refractivity contribution in [1.82, 2.24) is 5.32 Å². The minimum atomic E-state index is -4.71. The van der Waals surface area contributed by atoms with Gasteiger partial charge in [0.2, 0.25) is 0 Å². The van der Waals surface area contributed by atoms with Crippen LogP contribution >= 0.6 is 0 Å². The average molecular weight is 255 g/mol. The molecule has 100 valence electrons. The summed E-state index contributed by atoms with van der Waals surface area (Å²) in [6, 6.07) is -0.0734. The van der Waals surface area contributed by atoms with Crippen molar-refractivity contribution in [1.29, 1.82) is 0 Å². The number of hydrogen-bond acceptors (Lipinski definition) is 3. The van der Waals surface area contributed by atoms with Gasteiger partial charge in [-0.3, -0.25) is 4.79 Å². The molecule has 1 unspecified atom stereocenters. The Morgan fingerprint density at radius 3 is 2.53 bits per heavy atom. The van der Waals surface area contributed by atoms with Crippen LogP contribution in [-0.2, 0) is 9.53 Å². The molecule has 0 bridgehead atoms. The van der Waals surface area contributed by atoms with E-state index in [2.05, 4.69) is 5.32 Å². The lowest BCUT2D eigenvalue weighted by molar-refractivity contribution is -0.193. The summed E-state index contributed by atoms with van der Waals surface area (Å²) in [5.41, 5.74) is 0. The van der Waals surface area contributed by atoms with E-state index in [4.69, 9.17) is 9.84 Å². The molecule has 0 aromatic carbocycles. The molecule has 0 heterocycles. The molecular weight excluding hydrogens is 239 g/mol. The maximum atomic E-state index is 12.3. The molecule has 0 spiro atoms. The standard InChI is InChI=1S/C10H16F3NO3/c1-2-17-7-3-6(4-7)14-5-8(9(15)16)10(11,12)13/h6-8,14H,2-5H2,1H3,(H,15,16). The lowest BCUT2D eigenvalue weighted by Gasteiger charge is -2.36. The van der Waals surface area contributed by atoms with Gasteiger partial charge < -0.3 is 15.2 Å². The van der Waals surface area contributed by atoms with Gasteiger partial charge in [-0.15, -0.1) is 0 Å². The number of hydrogen-bond donors (Lipinski definition) is 2. The summed E-state index contributed by atoms with van der Waals surface area (Å²) < 4.78 is 42.1. The first-order valence-electron chi connectivity index (χ1n) is 5.49. The number of carbonyl (C=O) groups is 1. The maximum absolute atomic E-state index is 12.3. The van der Waals surface area contributed by atoms with Crippen molar-refractivity contribution in [2.24, 2.45) is 5.92 Å². The predicted molar refractivity (Wildman–Crippen MR) is 53.6 cm³/mol. The molecule has 2 N–H and O–H groups in total. The van der Waals surface area contributed by atoms with Gasteiger partial charge in [-0.2, -0.15) is 13.2 Å². The van der Waals surface area contributed by atoms with Crippen LogP contribution < -0.4 is 5.32 Å². The first kappa shape index (κ1) is 14.2. The Balaban J connectivity index is 2.28. The molecular formula is C10H16F3NO3. The molecule has 1 aliphatic carbocycles. The molecule has 0 aromatic rings. The Bertz CT molecular complexity index is 264. The number of rotatable bonds is 6. The van der Waals surface area contributed by atoms with Gasteiger partial charge in [0.25, 0.3) is 0 Å². The Kier molecular flexibility index (Phi) is 4.76. The van der Waals surface area contributed by atoms with Crippen LogP contribution in [0.2, 0.25) is 0 Å². The monoisotopic (exact) mass is 255 g/mol. The van der Waals surface area contributed by atoms with Crippen molar-refractivity contribution in [3.05, 3.63) is 0 Å². The van der Waals surface area contributed by atoms with Crippen molar-refractivity contribution in [3.8, 4) is 0 Å². The number of ether oxygens (including phenoxy) is 1. The summed E-state index contributed by atoms with van der Waals surface area (Å²) in [6.07, 6.45) is -3.34. The second kappa shape index (κ2) is 5.68. The molecule has 0 amide bonds. The minimum absolute atomic E-state index is 0.0734. The van der Waals surface area contributed by atoms with Crippen LogP contribution in [0, 0.1) is 5.92 Å². The molecule has 0 aromatic heterocycles. The predicted octanol–water partition coefficient (Wildman–Crippen LogP) is 1.41. The number of halogens is 3. The van der Waals surface area contributed by atoms with Crippen LogP contribution in [0.15, 0.2) is 0 Å². The Morgan fingerprint density at radius 2 is 2.12 bits per heavy atom. The van der Waals surface area contributed by atoms with E-state index in [1.807, 2.05) is 6.92 Å².